The molecular formula is C22H19N3O2S2. The molecule has 2 aromatic heterocycles. The van der Waals surface area contributed by atoms with Crippen molar-refractivity contribution in [3.63, 3.8) is 0 Å². The maximum atomic E-state index is 12.9. The summed E-state index contributed by atoms with van der Waals surface area (Å²) in [5.74, 6) is -0.464. The molecule has 0 saturated heterocycles. The van der Waals surface area contributed by atoms with E-state index in [-0.39, 0.29) is 11.8 Å². The maximum Gasteiger partial charge on any atom is 0.262 e. The number of benzene rings is 2. The number of rotatable bonds is 7. The number of carbonyl (C=O) groups excluding carboxylic acids is 2. The Kier molecular flexibility index (Phi) is 5.97. The number of carbonyl (C=O) groups is 2. The number of thiazole rings is 1. The third-order valence-corrected chi connectivity index (χ3v) is 6.31. The molecular weight excluding hydrogens is 402 g/mol. The zero-order valence-electron chi connectivity index (χ0n) is 15.5. The number of para-hydroxylation sites is 1. The number of hydrogen-bond acceptors (Lipinski definition) is 5. The van der Waals surface area contributed by atoms with Crippen LogP contribution in [0.3, 0.4) is 0 Å². The van der Waals surface area contributed by atoms with E-state index in [9.17, 15) is 9.59 Å². The number of amides is 2. The van der Waals surface area contributed by atoms with Crippen LogP contribution in [0.5, 0.6) is 0 Å². The Morgan fingerprint density at radius 1 is 0.966 bits per heavy atom. The molecule has 0 aliphatic heterocycles. The van der Waals surface area contributed by atoms with Gasteiger partial charge in [0.15, 0.2) is 0 Å². The molecule has 2 N–H and O–H groups in total. The molecule has 2 aromatic carbocycles. The molecule has 0 spiro atoms. The lowest BCUT2D eigenvalue weighted by Gasteiger charge is -2.18. The smallest absolute Gasteiger partial charge is 0.262 e. The van der Waals surface area contributed by atoms with Gasteiger partial charge in [0, 0.05) is 6.42 Å². The Labute approximate surface area is 176 Å². The maximum absolute atomic E-state index is 12.9. The van der Waals surface area contributed by atoms with Crippen LogP contribution in [-0.4, -0.2) is 22.8 Å². The summed E-state index contributed by atoms with van der Waals surface area (Å²) in [4.78, 5) is 30.5. The van der Waals surface area contributed by atoms with Crippen LogP contribution in [0.25, 0.3) is 10.2 Å². The highest BCUT2D eigenvalue weighted by Gasteiger charge is 2.22. The number of aromatic nitrogens is 1. The minimum absolute atomic E-state index is 0.224. The minimum atomic E-state index is -0.665. The van der Waals surface area contributed by atoms with Gasteiger partial charge >= 0.3 is 0 Å². The van der Waals surface area contributed by atoms with Crippen molar-refractivity contribution in [2.24, 2.45) is 0 Å². The van der Waals surface area contributed by atoms with Crippen molar-refractivity contribution in [1.29, 1.82) is 0 Å². The van der Waals surface area contributed by atoms with E-state index < -0.39 is 6.04 Å². The first kappa shape index (κ1) is 19.3. The molecule has 1 unspecified atom stereocenters. The van der Waals surface area contributed by atoms with Gasteiger partial charge in [0.2, 0.25) is 5.91 Å². The summed E-state index contributed by atoms with van der Waals surface area (Å²) in [6, 6.07) is 20.5. The zero-order valence-corrected chi connectivity index (χ0v) is 17.1. The summed E-state index contributed by atoms with van der Waals surface area (Å²) in [7, 11) is 0. The van der Waals surface area contributed by atoms with E-state index in [2.05, 4.69) is 15.6 Å². The number of nitrogens with one attached hydrogen (secondary N) is 2. The average Bonchev–Trinajstić information content (AvgIpc) is 3.42. The second kappa shape index (κ2) is 8.98. The minimum Gasteiger partial charge on any atom is -0.348 e. The van der Waals surface area contributed by atoms with E-state index in [1.54, 1.807) is 17.4 Å². The molecule has 1 atom stereocenters. The van der Waals surface area contributed by atoms with Gasteiger partial charge in [0.05, 0.1) is 21.6 Å². The first-order valence-corrected chi connectivity index (χ1v) is 10.9. The van der Waals surface area contributed by atoms with Crippen LogP contribution < -0.4 is 10.6 Å². The Morgan fingerprint density at radius 2 is 1.76 bits per heavy atom. The highest BCUT2D eigenvalue weighted by molar-refractivity contribution is 7.18. The van der Waals surface area contributed by atoms with Crippen molar-refractivity contribution < 1.29 is 9.59 Å². The number of nitrogens with zero attached hydrogens (tertiary/aromatic N) is 1. The SMILES string of the molecule is O=C(NC(Cc1ccccc1)C(=O)NCc1nc2ccccc2s1)c1cccs1. The zero-order chi connectivity index (χ0) is 20.1. The Hall–Kier alpha value is -3.03. The van der Waals surface area contributed by atoms with Crippen LogP contribution in [0, 0.1) is 0 Å². The van der Waals surface area contributed by atoms with Gasteiger partial charge in [-0.3, -0.25) is 9.59 Å². The van der Waals surface area contributed by atoms with Gasteiger partial charge in [0.25, 0.3) is 5.91 Å². The predicted molar refractivity (Wildman–Crippen MR) is 117 cm³/mol. The molecule has 29 heavy (non-hydrogen) atoms. The van der Waals surface area contributed by atoms with Crippen molar-refractivity contribution in [2.75, 3.05) is 0 Å². The Bertz CT molecular complexity index is 1070. The van der Waals surface area contributed by atoms with Crippen molar-refractivity contribution in [2.45, 2.75) is 19.0 Å². The fourth-order valence-corrected chi connectivity index (χ4v) is 4.51. The van der Waals surface area contributed by atoms with Crippen LogP contribution in [0.2, 0.25) is 0 Å². The number of thiophene rings is 1. The lowest BCUT2D eigenvalue weighted by Crippen LogP contribution is -2.47. The molecule has 0 aliphatic rings. The molecule has 146 valence electrons. The Balaban J connectivity index is 1.46. The molecule has 0 aliphatic carbocycles. The molecule has 0 bridgehead atoms. The van der Waals surface area contributed by atoms with E-state index in [1.807, 2.05) is 66.0 Å². The van der Waals surface area contributed by atoms with E-state index in [0.717, 1.165) is 20.8 Å². The number of hydrogen-bond donors (Lipinski definition) is 2. The van der Waals surface area contributed by atoms with E-state index in [1.165, 1.54) is 11.3 Å². The van der Waals surface area contributed by atoms with Crippen molar-refractivity contribution in [1.82, 2.24) is 15.6 Å². The monoisotopic (exact) mass is 421 g/mol. The summed E-state index contributed by atoms with van der Waals surface area (Å²) in [5, 5.41) is 8.48. The predicted octanol–water partition coefficient (Wildman–Crippen LogP) is 4.02. The highest BCUT2D eigenvalue weighted by atomic mass is 32.1. The summed E-state index contributed by atoms with van der Waals surface area (Å²) < 4.78 is 1.09. The van der Waals surface area contributed by atoms with Gasteiger partial charge in [-0.05, 0) is 29.1 Å². The third-order valence-electron chi connectivity index (χ3n) is 4.40. The highest BCUT2D eigenvalue weighted by Crippen LogP contribution is 2.21. The molecule has 2 heterocycles. The fourth-order valence-electron chi connectivity index (χ4n) is 2.98. The van der Waals surface area contributed by atoms with Gasteiger partial charge in [-0.15, -0.1) is 22.7 Å². The van der Waals surface area contributed by atoms with Gasteiger partial charge in [-0.1, -0.05) is 48.5 Å². The molecule has 7 heteroatoms. The quantitative estimate of drug-likeness (QED) is 0.474. The average molecular weight is 422 g/mol. The summed E-state index contributed by atoms with van der Waals surface area (Å²) in [6.45, 7) is 0.332. The van der Waals surface area contributed by atoms with Gasteiger partial charge in [0.1, 0.15) is 11.0 Å². The summed E-state index contributed by atoms with van der Waals surface area (Å²) >= 11 is 2.91. The molecule has 0 radical (unpaired) electrons. The fraction of sp³-hybridized carbons (Fsp3) is 0.136. The second-order valence-electron chi connectivity index (χ2n) is 6.49. The third kappa shape index (κ3) is 4.88. The van der Waals surface area contributed by atoms with Gasteiger partial charge in [-0.25, -0.2) is 4.98 Å². The van der Waals surface area contributed by atoms with Crippen molar-refractivity contribution in [3.8, 4) is 0 Å². The van der Waals surface area contributed by atoms with Crippen LogP contribution in [-0.2, 0) is 17.8 Å². The normalized spacial score (nSPS) is 11.9. The number of fused-ring (bicyclic) bond motifs is 1. The largest absolute Gasteiger partial charge is 0.348 e. The molecule has 2 amide bonds. The molecule has 0 saturated carbocycles. The standard InChI is InChI=1S/C22H19N3O2S2/c26-21(23-14-20-24-16-9-4-5-10-18(16)29-20)17(13-15-7-2-1-3-8-15)25-22(27)19-11-6-12-28-19/h1-12,17H,13-14H2,(H,23,26)(H,25,27). The van der Waals surface area contributed by atoms with Crippen molar-refractivity contribution in [3.05, 3.63) is 87.6 Å². The molecule has 4 rings (SSSR count). The lowest BCUT2D eigenvalue weighted by molar-refractivity contribution is -0.123. The topological polar surface area (TPSA) is 71.1 Å². The molecule has 5 nitrogen and oxygen atoms in total. The summed E-state index contributed by atoms with van der Waals surface area (Å²) in [6.07, 6.45) is 0.420. The van der Waals surface area contributed by atoms with E-state index in [4.69, 9.17) is 0 Å². The first-order valence-electron chi connectivity index (χ1n) is 9.19. The first-order chi connectivity index (χ1) is 14.2. The molecule has 0 fully saturated rings. The lowest BCUT2D eigenvalue weighted by atomic mass is 10.1. The van der Waals surface area contributed by atoms with Crippen LogP contribution in [0.15, 0.2) is 72.1 Å². The van der Waals surface area contributed by atoms with Crippen LogP contribution in [0.4, 0.5) is 0 Å². The van der Waals surface area contributed by atoms with Gasteiger partial charge in [-0.2, -0.15) is 0 Å². The van der Waals surface area contributed by atoms with Crippen LogP contribution in [0.1, 0.15) is 20.2 Å². The molecule has 4 aromatic rings. The second-order valence-corrected chi connectivity index (χ2v) is 8.55. The van der Waals surface area contributed by atoms with E-state index >= 15 is 0 Å². The van der Waals surface area contributed by atoms with Gasteiger partial charge < -0.3 is 10.6 Å². The van der Waals surface area contributed by atoms with Crippen LogP contribution >= 0.6 is 22.7 Å². The van der Waals surface area contributed by atoms with E-state index in [0.29, 0.717) is 17.8 Å². The summed E-state index contributed by atoms with van der Waals surface area (Å²) in [5.41, 5.74) is 1.91. The van der Waals surface area contributed by atoms with Crippen molar-refractivity contribution >= 4 is 44.7 Å². The Morgan fingerprint density at radius 3 is 2.52 bits per heavy atom.